The van der Waals surface area contributed by atoms with E-state index >= 15 is 0 Å². The molecule has 0 bridgehead atoms. The maximum Gasteiger partial charge on any atom is 0.133 e. The van der Waals surface area contributed by atoms with Gasteiger partial charge in [0.05, 0.1) is 12.4 Å². The van der Waals surface area contributed by atoms with Gasteiger partial charge in [0.1, 0.15) is 5.76 Å². The number of nitrogens with zero attached hydrogens (tertiary/aromatic N) is 3. The minimum absolute atomic E-state index is 0.205. The first-order valence-electron chi connectivity index (χ1n) is 10.3. The molecule has 0 amide bonds. The molecule has 5 nitrogen and oxygen atoms in total. The van der Waals surface area contributed by atoms with Gasteiger partial charge >= 0.3 is 0 Å². The molecule has 1 N–H and O–H groups in total. The van der Waals surface area contributed by atoms with Gasteiger partial charge in [0, 0.05) is 56.1 Å². The summed E-state index contributed by atoms with van der Waals surface area (Å²) in [6.45, 7) is 3.47. The predicted octanol–water partition coefficient (Wildman–Crippen LogP) is 3.45. The van der Waals surface area contributed by atoms with Crippen molar-refractivity contribution in [2.75, 3.05) is 26.7 Å². The van der Waals surface area contributed by atoms with Gasteiger partial charge in [0.25, 0.3) is 0 Å². The van der Waals surface area contributed by atoms with Crippen molar-refractivity contribution in [3.63, 3.8) is 0 Å². The minimum atomic E-state index is -0.333. The van der Waals surface area contributed by atoms with Gasteiger partial charge in [-0.1, -0.05) is 30.3 Å². The number of furan rings is 1. The number of aliphatic hydroxyl groups is 1. The molecule has 2 aromatic heterocycles. The summed E-state index contributed by atoms with van der Waals surface area (Å²) in [5, 5.41) is 10.7. The van der Waals surface area contributed by atoms with Crippen LogP contribution in [0.4, 0.5) is 0 Å². The molecule has 4 rings (SSSR count). The van der Waals surface area contributed by atoms with Crippen molar-refractivity contribution in [3.8, 4) is 11.3 Å². The SMILES string of the molecule is CN(CCc1ccccn1)[C@@H]1CCN(Cc2ccc(-c3ccco3)cc2)C[C@H]1O. The molecule has 152 valence electrons. The zero-order valence-electron chi connectivity index (χ0n) is 16.9. The normalized spacial score (nSPS) is 20.2. The quantitative estimate of drug-likeness (QED) is 0.669. The van der Waals surface area contributed by atoms with E-state index in [4.69, 9.17) is 4.42 Å². The number of likely N-dealkylation sites (tertiary alicyclic amines) is 1. The van der Waals surface area contributed by atoms with E-state index in [0.717, 1.165) is 49.5 Å². The Hall–Kier alpha value is -2.47. The second-order valence-electron chi connectivity index (χ2n) is 7.88. The average molecular weight is 392 g/mol. The van der Waals surface area contributed by atoms with Crippen LogP contribution in [0.15, 0.2) is 71.5 Å². The molecule has 1 fully saturated rings. The van der Waals surface area contributed by atoms with Crippen molar-refractivity contribution in [3.05, 3.63) is 78.3 Å². The number of hydrogen-bond donors (Lipinski definition) is 1. The fourth-order valence-electron chi connectivity index (χ4n) is 4.12. The standard InChI is InChI=1S/C24H29N3O2/c1-26(14-11-21-5-2-3-13-25-21)22-12-15-27(18-23(22)28)17-19-7-9-20(10-8-19)24-6-4-16-29-24/h2-10,13,16,22-23,28H,11-12,14-15,17-18H2,1H3/t22-,23-/m1/s1. The Kier molecular flexibility index (Phi) is 6.39. The van der Waals surface area contributed by atoms with Crippen LogP contribution in [0.2, 0.25) is 0 Å². The summed E-state index contributed by atoms with van der Waals surface area (Å²) >= 11 is 0. The fourth-order valence-corrected chi connectivity index (χ4v) is 4.12. The molecule has 0 saturated carbocycles. The van der Waals surface area contributed by atoms with Crippen LogP contribution in [0.1, 0.15) is 17.7 Å². The van der Waals surface area contributed by atoms with Gasteiger partial charge in [-0.25, -0.2) is 0 Å². The molecule has 0 aliphatic carbocycles. The molecule has 1 aromatic carbocycles. The Bertz CT molecular complexity index is 865. The molecule has 29 heavy (non-hydrogen) atoms. The summed E-state index contributed by atoms with van der Waals surface area (Å²) in [5.74, 6) is 0.890. The van der Waals surface area contributed by atoms with Crippen molar-refractivity contribution in [2.24, 2.45) is 0 Å². The van der Waals surface area contributed by atoms with Crippen LogP contribution in [0.3, 0.4) is 0 Å². The van der Waals surface area contributed by atoms with Crippen molar-refractivity contribution in [2.45, 2.75) is 31.5 Å². The third-order valence-electron chi connectivity index (χ3n) is 5.81. The molecule has 3 aromatic rings. The van der Waals surface area contributed by atoms with Gasteiger partial charge in [0.15, 0.2) is 0 Å². The molecule has 3 heterocycles. The van der Waals surface area contributed by atoms with Crippen LogP contribution in [0, 0.1) is 0 Å². The zero-order chi connectivity index (χ0) is 20.1. The van der Waals surface area contributed by atoms with E-state index in [9.17, 15) is 5.11 Å². The number of aliphatic hydroxyl groups excluding tert-OH is 1. The smallest absolute Gasteiger partial charge is 0.133 e. The van der Waals surface area contributed by atoms with Gasteiger partial charge < -0.3 is 14.4 Å². The minimum Gasteiger partial charge on any atom is -0.464 e. The van der Waals surface area contributed by atoms with Crippen molar-refractivity contribution in [1.82, 2.24) is 14.8 Å². The van der Waals surface area contributed by atoms with E-state index in [0.29, 0.717) is 6.54 Å². The second-order valence-corrected chi connectivity index (χ2v) is 7.88. The molecular formula is C24H29N3O2. The summed E-state index contributed by atoms with van der Waals surface area (Å²) < 4.78 is 5.45. The number of β-amino-alcohol motifs (C(OH)–C–C–N with tert-alkyl or cyclic N) is 1. The highest BCUT2D eigenvalue weighted by Gasteiger charge is 2.30. The molecular weight excluding hydrogens is 362 g/mol. The summed E-state index contributed by atoms with van der Waals surface area (Å²) in [5.41, 5.74) is 3.45. The van der Waals surface area contributed by atoms with Crippen LogP contribution in [0.5, 0.6) is 0 Å². The molecule has 0 unspecified atom stereocenters. The van der Waals surface area contributed by atoms with Gasteiger partial charge in [-0.05, 0) is 43.3 Å². The van der Waals surface area contributed by atoms with E-state index in [2.05, 4.69) is 52.2 Å². The molecule has 2 atom stereocenters. The number of rotatable bonds is 7. The lowest BCUT2D eigenvalue weighted by atomic mass is 9.99. The highest BCUT2D eigenvalue weighted by molar-refractivity contribution is 5.57. The Morgan fingerprint density at radius 2 is 2.00 bits per heavy atom. The van der Waals surface area contributed by atoms with Gasteiger partial charge in [-0.15, -0.1) is 0 Å². The van der Waals surface area contributed by atoms with Gasteiger partial charge in [-0.3, -0.25) is 9.88 Å². The van der Waals surface area contributed by atoms with E-state index < -0.39 is 0 Å². The molecule has 1 aliphatic heterocycles. The van der Waals surface area contributed by atoms with Crippen molar-refractivity contribution in [1.29, 1.82) is 0 Å². The van der Waals surface area contributed by atoms with E-state index in [1.54, 1.807) is 6.26 Å². The molecule has 1 saturated heterocycles. The maximum atomic E-state index is 10.7. The Labute approximate surface area is 172 Å². The Morgan fingerprint density at radius 3 is 2.69 bits per heavy atom. The number of aromatic nitrogens is 1. The molecule has 0 radical (unpaired) electrons. The summed E-state index contributed by atoms with van der Waals surface area (Å²) in [6, 6.07) is 18.6. The Morgan fingerprint density at radius 1 is 1.14 bits per heavy atom. The average Bonchev–Trinajstić information content (AvgIpc) is 3.28. The van der Waals surface area contributed by atoms with E-state index in [1.807, 2.05) is 30.5 Å². The Balaban J connectivity index is 1.27. The highest BCUT2D eigenvalue weighted by Crippen LogP contribution is 2.22. The number of piperidine rings is 1. The largest absolute Gasteiger partial charge is 0.464 e. The highest BCUT2D eigenvalue weighted by atomic mass is 16.3. The summed E-state index contributed by atoms with van der Waals surface area (Å²) in [4.78, 5) is 9.02. The lowest BCUT2D eigenvalue weighted by Gasteiger charge is -2.40. The third-order valence-corrected chi connectivity index (χ3v) is 5.81. The summed E-state index contributed by atoms with van der Waals surface area (Å²) in [7, 11) is 2.11. The molecule has 1 aliphatic rings. The summed E-state index contributed by atoms with van der Waals surface area (Å²) in [6.07, 6.45) is 5.09. The lowest BCUT2D eigenvalue weighted by molar-refractivity contribution is -0.00619. The maximum absolute atomic E-state index is 10.7. The first-order valence-corrected chi connectivity index (χ1v) is 10.3. The zero-order valence-corrected chi connectivity index (χ0v) is 16.9. The van der Waals surface area contributed by atoms with Crippen molar-refractivity contribution < 1.29 is 9.52 Å². The predicted molar refractivity (Wildman–Crippen MR) is 114 cm³/mol. The van der Waals surface area contributed by atoms with Crippen LogP contribution in [-0.4, -0.2) is 58.7 Å². The van der Waals surface area contributed by atoms with Crippen LogP contribution < -0.4 is 0 Å². The third kappa shape index (κ3) is 5.12. The van der Waals surface area contributed by atoms with E-state index in [1.165, 1.54) is 5.56 Å². The van der Waals surface area contributed by atoms with Crippen LogP contribution in [-0.2, 0) is 13.0 Å². The van der Waals surface area contributed by atoms with Crippen molar-refractivity contribution >= 4 is 0 Å². The fraction of sp³-hybridized carbons (Fsp3) is 0.375. The number of likely N-dealkylation sites (N-methyl/N-ethyl adjacent to an activating group) is 1. The van der Waals surface area contributed by atoms with Crippen LogP contribution in [0.25, 0.3) is 11.3 Å². The first kappa shape index (κ1) is 19.8. The van der Waals surface area contributed by atoms with Gasteiger partial charge in [0.2, 0.25) is 0 Å². The van der Waals surface area contributed by atoms with E-state index in [-0.39, 0.29) is 12.1 Å². The van der Waals surface area contributed by atoms with Crippen LogP contribution >= 0.6 is 0 Å². The molecule has 0 spiro atoms. The second kappa shape index (κ2) is 9.35. The monoisotopic (exact) mass is 391 g/mol. The van der Waals surface area contributed by atoms with Gasteiger partial charge in [-0.2, -0.15) is 0 Å². The lowest BCUT2D eigenvalue weighted by Crippen LogP contribution is -2.53. The number of hydrogen-bond acceptors (Lipinski definition) is 5. The topological polar surface area (TPSA) is 52.7 Å². The number of benzene rings is 1. The number of pyridine rings is 1. The first-order chi connectivity index (χ1) is 14.2. The molecule has 5 heteroatoms.